The first kappa shape index (κ1) is 15.6. The first-order valence-electron chi connectivity index (χ1n) is 7.04. The van der Waals surface area contributed by atoms with Crippen molar-refractivity contribution in [3.63, 3.8) is 0 Å². The highest BCUT2D eigenvalue weighted by molar-refractivity contribution is 7.18. The molecule has 118 valence electrons. The van der Waals surface area contributed by atoms with Crippen molar-refractivity contribution in [1.29, 1.82) is 0 Å². The summed E-state index contributed by atoms with van der Waals surface area (Å²) in [5.74, 6) is -1.99. The van der Waals surface area contributed by atoms with Gasteiger partial charge in [-0.15, -0.1) is 11.3 Å². The van der Waals surface area contributed by atoms with Crippen LogP contribution >= 0.6 is 11.3 Å². The number of carbonyl (C=O) groups excluding carboxylic acids is 1. The maximum Gasteiger partial charge on any atom is 0.254 e. The number of carbonyl (C=O) groups is 1. The summed E-state index contributed by atoms with van der Waals surface area (Å²) in [7, 11) is 1.60. The van der Waals surface area contributed by atoms with Gasteiger partial charge in [-0.2, -0.15) is 0 Å². The van der Waals surface area contributed by atoms with Crippen molar-refractivity contribution in [2.75, 3.05) is 7.05 Å². The van der Waals surface area contributed by atoms with Gasteiger partial charge in [-0.1, -0.05) is 12.1 Å². The summed E-state index contributed by atoms with van der Waals surface area (Å²) in [5.41, 5.74) is 0.856. The number of thiazole rings is 1. The smallest absolute Gasteiger partial charge is 0.254 e. The molecule has 1 atom stereocenters. The molecule has 1 heterocycles. The van der Waals surface area contributed by atoms with Crippen molar-refractivity contribution in [2.45, 2.75) is 13.0 Å². The number of fused-ring (bicyclic) bond motifs is 1. The van der Waals surface area contributed by atoms with Crippen molar-refractivity contribution in [2.24, 2.45) is 0 Å². The lowest BCUT2D eigenvalue weighted by molar-refractivity contribution is 0.0741. The van der Waals surface area contributed by atoms with Crippen molar-refractivity contribution >= 4 is 27.5 Å². The normalized spacial score (nSPS) is 12.3. The Balaban J connectivity index is 1.88. The molecule has 0 unspecified atom stereocenters. The van der Waals surface area contributed by atoms with E-state index < -0.39 is 17.5 Å². The van der Waals surface area contributed by atoms with E-state index in [2.05, 4.69) is 4.98 Å². The number of rotatable bonds is 3. The van der Waals surface area contributed by atoms with E-state index in [0.29, 0.717) is 0 Å². The van der Waals surface area contributed by atoms with Gasteiger partial charge in [0, 0.05) is 18.7 Å². The Kier molecular flexibility index (Phi) is 4.09. The SMILES string of the molecule is C[C@H](c1nc2ccccc2s1)N(C)C(=O)c1cc(F)cc(F)c1. The fourth-order valence-corrected chi connectivity index (χ4v) is 3.35. The van der Waals surface area contributed by atoms with Crippen molar-refractivity contribution in [1.82, 2.24) is 9.88 Å². The molecule has 0 aliphatic rings. The van der Waals surface area contributed by atoms with Gasteiger partial charge < -0.3 is 4.90 Å². The summed E-state index contributed by atoms with van der Waals surface area (Å²) >= 11 is 1.50. The first-order chi connectivity index (χ1) is 11.0. The second-order valence-corrected chi connectivity index (χ2v) is 6.33. The molecule has 0 fully saturated rings. The van der Waals surface area contributed by atoms with Gasteiger partial charge >= 0.3 is 0 Å². The molecule has 0 bridgehead atoms. The molecule has 3 rings (SSSR count). The molecule has 0 N–H and O–H groups in total. The minimum Gasteiger partial charge on any atom is -0.333 e. The zero-order valence-corrected chi connectivity index (χ0v) is 13.4. The Morgan fingerprint density at radius 3 is 2.48 bits per heavy atom. The standard InChI is InChI=1S/C17H14F2N2OS/c1-10(16-20-14-5-3-4-6-15(14)23-16)21(2)17(22)11-7-12(18)9-13(19)8-11/h3-10H,1-2H3/t10-/m1/s1. The minimum atomic E-state index is -0.769. The van der Waals surface area contributed by atoms with Crippen LogP contribution in [0.1, 0.15) is 28.3 Å². The third-order valence-electron chi connectivity index (χ3n) is 3.68. The maximum absolute atomic E-state index is 13.3. The summed E-state index contributed by atoms with van der Waals surface area (Å²) in [6.07, 6.45) is 0. The van der Waals surface area contributed by atoms with Crippen LogP contribution in [-0.4, -0.2) is 22.8 Å². The number of para-hydroxylation sites is 1. The van der Waals surface area contributed by atoms with Crippen molar-refractivity contribution in [3.8, 4) is 0 Å². The number of amides is 1. The number of halogens is 2. The largest absolute Gasteiger partial charge is 0.333 e. The van der Waals surface area contributed by atoms with E-state index >= 15 is 0 Å². The van der Waals surface area contributed by atoms with Crippen LogP contribution in [0, 0.1) is 11.6 Å². The average Bonchev–Trinajstić information content (AvgIpc) is 2.95. The van der Waals surface area contributed by atoms with Crippen LogP contribution in [0.3, 0.4) is 0 Å². The van der Waals surface area contributed by atoms with Crippen LogP contribution in [0.25, 0.3) is 10.2 Å². The molecule has 1 amide bonds. The van der Waals surface area contributed by atoms with Crippen molar-refractivity contribution in [3.05, 3.63) is 64.7 Å². The third-order valence-corrected chi connectivity index (χ3v) is 4.89. The molecule has 2 aromatic carbocycles. The highest BCUT2D eigenvalue weighted by Gasteiger charge is 2.22. The minimum absolute atomic E-state index is 0.0158. The van der Waals surface area contributed by atoms with Gasteiger partial charge in [0.2, 0.25) is 0 Å². The summed E-state index contributed by atoms with van der Waals surface area (Å²) < 4.78 is 27.6. The second-order valence-electron chi connectivity index (χ2n) is 5.27. The molecular weight excluding hydrogens is 318 g/mol. The Morgan fingerprint density at radius 1 is 1.17 bits per heavy atom. The molecule has 1 aromatic heterocycles. The van der Waals surface area contributed by atoms with Crippen LogP contribution in [-0.2, 0) is 0 Å². The Morgan fingerprint density at radius 2 is 1.83 bits per heavy atom. The van der Waals surface area contributed by atoms with E-state index in [1.807, 2.05) is 31.2 Å². The molecule has 0 aliphatic heterocycles. The first-order valence-corrected chi connectivity index (χ1v) is 7.86. The van der Waals surface area contributed by atoms with Gasteiger partial charge in [0.05, 0.1) is 16.3 Å². The van der Waals surface area contributed by atoms with E-state index in [1.54, 1.807) is 7.05 Å². The lowest BCUT2D eigenvalue weighted by Gasteiger charge is -2.23. The molecule has 23 heavy (non-hydrogen) atoms. The van der Waals surface area contributed by atoms with Crippen LogP contribution in [0.4, 0.5) is 8.78 Å². The fraction of sp³-hybridized carbons (Fsp3) is 0.176. The van der Waals surface area contributed by atoms with E-state index in [4.69, 9.17) is 0 Å². The van der Waals surface area contributed by atoms with Crippen LogP contribution < -0.4 is 0 Å². The summed E-state index contributed by atoms with van der Waals surface area (Å²) in [4.78, 5) is 18.4. The molecular formula is C17H14F2N2OS. The summed E-state index contributed by atoms with van der Waals surface area (Å²) in [6, 6.07) is 10.2. The maximum atomic E-state index is 13.3. The number of nitrogens with zero attached hydrogens (tertiary/aromatic N) is 2. The molecule has 3 aromatic rings. The second kappa shape index (κ2) is 6.04. The van der Waals surface area contributed by atoms with Gasteiger partial charge in [0.25, 0.3) is 5.91 Å². The molecule has 3 nitrogen and oxygen atoms in total. The van der Waals surface area contributed by atoms with E-state index in [9.17, 15) is 13.6 Å². The van der Waals surface area contributed by atoms with Gasteiger partial charge in [-0.3, -0.25) is 4.79 Å². The highest BCUT2D eigenvalue weighted by atomic mass is 32.1. The van der Waals surface area contributed by atoms with E-state index in [1.165, 1.54) is 16.2 Å². The van der Waals surface area contributed by atoms with E-state index in [0.717, 1.165) is 33.4 Å². The highest BCUT2D eigenvalue weighted by Crippen LogP contribution is 2.29. The quantitative estimate of drug-likeness (QED) is 0.712. The number of hydrogen-bond donors (Lipinski definition) is 0. The number of aromatic nitrogens is 1. The number of benzene rings is 2. The zero-order valence-electron chi connectivity index (χ0n) is 12.6. The predicted octanol–water partition coefficient (Wildman–Crippen LogP) is 4.41. The fourth-order valence-electron chi connectivity index (χ4n) is 2.29. The Bertz CT molecular complexity index is 825. The zero-order chi connectivity index (χ0) is 16.6. The van der Waals surface area contributed by atoms with Gasteiger partial charge in [0.1, 0.15) is 16.6 Å². The average molecular weight is 332 g/mol. The molecule has 0 saturated heterocycles. The Labute approximate surface area is 136 Å². The number of hydrogen-bond acceptors (Lipinski definition) is 3. The van der Waals surface area contributed by atoms with Gasteiger partial charge in [-0.05, 0) is 31.2 Å². The Hall–Kier alpha value is -2.34. The van der Waals surface area contributed by atoms with Crippen LogP contribution in [0.5, 0.6) is 0 Å². The lowest BCUT2D eigenvalue weighted by atomic mass is 10.1. The molecule has 0 saturated carbocycles. The van der Waals surface area contributed by atoms with Gasteiger partial charge in [-0.25, -0.2) is 13.8 Å². The molecule has 0 radical (unpaired) electrons. The topological polar surface area (TPSA) is 33.2 Å². The molecule has 0 aliphatic carbocycles. The van der Waals surface area contributed by atoms with Gasteiger partial charge in [0.15, 0.2) is 0 Å². The third kappa shape index (κ3) is 3.07. The predicted molar refractivity (Wildman–Crippen MR) is 86.5 cm³/mol. The molecule has 0 spiro atoms. The summed E-state index contributed by atoms with van der Waals surface area (Å²) in [6.45, 7) is 1.84. The van der Waals surface area contributed by atoms with Crippen LogP contribution in [0.2, 0.25) is 0 Å². The monoisotopic (exact) mass is 332 g/mol. The molecule has 6 heteroatoms. The lowest BCUT2D eigenvalue weighted by Crippen LogP contribution is -2.29. The summed E-state index contributed by atoms with van der Waals surface area (Å²) in [5, 5.41) is 0.777. The van der Waals surface area contributed by atoms with Crippen molar-refractivity contribution < 1.29 is 13.6 Å². The van der Waals surface area contributed by atoms with Crippen LogP contribution in [0.15, 0.2) is 42.5 Å². The van der Waals surface area contributed by atoms with E-state index in [-0.39, 0.29) is 11.6 Å².